The maximum atomic E-state index is 10.3. The molecule has 3 unspecified atom stereocenters. The monoisotopic (exact) mass is 123 g/mol. The van der Waals surface area contributed by atoms with Gasteiger partial charge in [0.2, 0.25) is 6.29 Å². The molecule has 49 valence electrons. The summed E-state index contributed by atoms with van der Waals surface area (Å²) < 4.78 is 0. The van der Waals surface area contributed by atoms with Gasteiger partial charge in [0.15, 0.2) is 0 Å². The molecule has 0 spiro atoms. The first-order chi connectivity index (χ1) is 4.40. The van der Waals surface area contributed by atoms with Crippen LogP contribution in [0.1, 0.15) is 25.7 Å². The van der Waals surface area contributed by atoms with Gasteiger partial charge in [-0.05, 0) is 31.1 Å². The summed E-state index contributed by atoms with van der Waals surface area (Å²) in [5.41, 5.74) is 0. The van der Waals surface area contributed by atoms with Gasteiger partial charge in [0.1, 0.15) is 0 Å². The zero-order valence-corrected chi connectivity index (χ0v) is 5.47. The summed E-state index contributed by atoms with van der Waals surface area (Å²) in [6, 6.07) is 0. The average Bonchev–Trinajstić information content (AvgIpc) is 2.45. The smallest absolute Gasteiger partial charge is 0.202 e. The van der Waals surface area contributed by atoms with Gasteiger partial charge >= 0.3 is 0 Å². The number of rotatable bonds is 1. The minimum atomic E-state index is 0.323. The molecule has 0 amide bonds. The van der Waals surface area contributed by atoms with Crippen molar-refractivity contribution >= 4 is 6.29 Å². The van der Waals surface area contributed by atoms with E-state index in [1.165, 1.54) is 19.3 Å². The Morgan fingerprint density at radius 2 is 2.11 bits per heavy atom. The number of carbonyl (C=O) groups excluding carboxylic acids is 1. The van der Waals surface area contributed by atoms with Crippen LogP contribution >= 0.6 is 0 Å². The molecular weight excluding hydrogens is 112 g/mol. The van der Waals surface area contributed by atoms with Crippen molar-refractivity contribution in [2.45, 2.75) is 25.7 Å². The fourth-order valence-corrected chi connectivity index (χ4v) is 2.39. The molecule has 0 aliphatic heterocycles. The van der Waals surface area contributed by atoms with E-state index in [4.69, 9.17) is 0 Å². The molecule has 1 heteroatoms. The van der Waals surface area contributed by atoms with Crippen LogP contribution in [-0.2, 0) is 4.79 Å². The number of fused-ring (bicyclic) bond motifs is 2. The van der Waals surface area contributed by atoms with E-state index in [1.807, 2.05) is 0 Å². The normalized spacial score (nSPS) is 47.8. The van der Waals surface area contributed by atoms with Crippen molar-refractivity contribution < 1.29 is 4.79 Å². The van der Waals surface area contributed by atoms with Crippen LogP contribution < -0.4 is 0 Å². The van der Waals surface area contributed by atoms with E-state index in [0.29, 0.717) is 5.92 Å². The van der Waals surface area contributed by atoms with Crippen LogP contribution in [0.2, 0.25) is 0 Å². The second-order valence-corrected chi connectivity index (χ2v) is 3.40. The fraction of sp³-hybridized carbons (Fsp3) is 0.875. The average molecular weight is 123 g/mol. The summed E-state index contributed by atoms with van der Waals surface area (Å²) in [5, 5.41) is 0. The summed E-state index contributed by atoms with van der Waals surface area (Å²) in [6.07, 6.45) is 7.29. The van der Waals surface area contributed by atoms with Crippen molar-refractivity contribution in [3.63, 3.8) is 0 Å². The van der Waals surface area contributed by atoms with Gasteiger partial charge in [-0.15, -0.1) is 0 Å². The Kier molecular flexibility index (Phi) is 1.11. The Labute approximate surface area is 55.4 Å². The largest absolute Gasteiger partial charge is 0.291 e. The molecule has 2 aliphatic carbocycles. The predicted molar refractivity (Wildman–Crippen MR) is 34.6 cm³/mol. The fourth-order valence-electron chi connectivity index (χ4n) is 2.39. The van der Waals surface area contributed by atoms with Crippen LogP contribution in [0, 0.1) is 17.8 Å². The van der Waals surface area contributed by atoms with Crippen LogP contribution in [0.5, 0.6) is 0 Å². The van der Waals surface area contributed by atoms with Gasteiger partial charge in [-0.25, -0.2) is 0 Å². The summed E-state index contributed by atoms with van der Waals surface area (Å²) in [7, 11) is 0. The van der Waals surface area contributed by atoms with Crippen molar-refractivity contribution in [3.05, 3.63) is 0 Å². The summed E-state index contributed by atoms with van der Waals surface area (Å²) in [6.45, 7) is 0. The van der Waals surface area contributed by atoms with Crippen LogP contribution in [0.15, 0.2) is 0 Å². The zero-order chi connectivity index (χ0) is 6.27. The third-order valence-electron chi connectivity index (χ3n) is 2.89. The molecule has 1 radical (unpaired) electrons. The Bertz CT molecular complexity index is 131. The van der Waals surface area contributed by atoms with E-state index < -0.39 is 0 Å². The topological polar surface area (TPSA) is 17.1 Å². The lowest BCUT2D eigenvalue weighted by molar-refractivity contribution is 0.394. The summed E-state index contributed by atoms with van der Waals surface area (Å²) in [5.74, 6) is 1.94. The van der Waals surface area contributed by atoms with Gasteiger partial charge < -0.3 is 0 Å². The van der Waals surface area contributed by atoms with E-state index in [1.54, 1.807) is 0 Å². The van der Waals surface area contributed by atoms with Crippen LogP contribution in [0.25, 0.3) is 0 Å². The van der Waals surface area contributed by atoms with Gasteiger partial charge in [-0.2, -0.15) is 0 Å². The molecule has 2 fully saturated rings. The highest BCUT2D eigenvalue weighted by atomic mass is 16.1. The van der Waals surface area contributed by atoms with Gasteiger partial charge in [0, 0.05) is 5.92 Å². The minimum Gasteiger partial charge on any atom is -0.291 e. The predicted octanol–water partition coefficient (Wildman–Crippen LogP) is 1.53. The molecule has 0 aromatic heterocycles. The summed E-state index contributed by atoms with van der Waals surface area (Å²) >= 11 is 0. The van der Waals surface area contributed by atoms with E-state index in [0.717, 1.165) is 18.3 Å². The standard InChI is InChI=1S/C8H11O/c9-5-8-4-6-1-2-7(8)3-6/h6-8H,1-4H2. The Morgan fingerprint density at radius 1 is 1.22 bits per heavy atom. The first-order valence-corrected chi connectivity index (χ1v) is 3.78. The van der Waals surface area contributed by atoms with Crippen LogP contribution in [-0.4, -0.2) is 6.29 Å². The lowest BCUT2D eigenvalue weighted by atomic mass is 9.90. The van der Waals surface area contributed by atoms with E-state index >= 15 is 0 Å². The molecule has 1 nitrogen and oxygen atoms in total. The SMILES string of the molecule is O=[C]C1CC2CCC1C2. The second-order valence-electron chi connectivity index (χ2n) is 3.40. The van der Waals surface area contributed by atoms with E-state index in [-0.39, 0.29) is 0 Å². The van der Waals surface area contributed by atoms with E-state index in [2.05, 4.69) is 6.29 Å². The number of hydrogen-bond acceptors (Lipinski definition) is 1. The van der Waals surface area contributed by atoms with Crippen molar-refractivity contribution in [2.75, 3.05) is 0 Å². The molecule has 0 heterocycles. The highest BCUT2D eigenvalue weighted by Gasteiger charge is 2.39. The van der Waals surface area contributed by atoms with Crippen molar-refractivity contribution in [3.8, 4) is 0 Å². The van der Waals surface area contributed by atoms with Gasteiger partial charge in [0.05, 0.1) is 0 Å². The Morgan fingerprint density at radius 3 is 2.44 bits per heavy atom. The minimum absolute atomic E-state index is 0.323. The number of hydrogen-bond donors (Lipinski definition) is 0. The van der Waals surface area contributed by atoms with Gasteiger partial charge in [-0.3, -0.25) is 4.79 Å². The Hall–Kier alpha value is -0.330. The molecule has 0 aromatic rings. The first-order valence-electron chi connectivity index (χ1n) is 3.78. The lowest BCUT2D eigenvalue weighted by Crippen LogP contribution is -2.10. The van der Waals surface area contributed by atoms with Crippen molar-refractivity contribution in [2.24, 2.45) is 17.8 Å². The summed E-state index contributed by atoms with van der Waals surface area (Å²) in [4.78, 5) is 10.3. The maximum absolute atomic E-state index is 10.3. The van der Waals surface area contributed by atoms with Gasteiger partial charge in [-0.1, -0.05) is 6.42 Å². The molecule has 2 rings (SSSR count). The molecule has 9 heavy (non-hydrogen) atoms. The molecule has 0 N–H and O–H groups in total. The molecule has 2 bridgehead atoms. The second kappa shape index (κ2) is 1.83. The third kappa shape index (κ3) is 0.707. The van der Waals surface area contributed by atoms with Crippen molar-refractivity contribution in [1.82, 2.24) is 0 Å². The highest BCUT2D eigenvalue weighted by molar-refractivity contribution is 5.56. The molecule has 3 atom stereocenters. The highest BCUT2D eigenvalue weighted by Crippen LogP contribution is 2.47. The third-order valence-corrected chi connectivity index (χ3v) is 2.89. The van der Waals surface area contributed by atoms with Crippen LogP contribution in [0.3, 0.4) is 0 Å². The van der Waals surface area contributed by atoms with Crippen molar-refractivity contribution in [1.29, 1.82) is 0 Å². The van der Waals surface area contributed by atoms with E-state index in [9.17, 15) is 4.79 Å². The Balaban J connectivity index is 2.09. The molecule has 0 saturated heterocycles. The quantitative estimate of drug-likeness (QED) is 0.516. The molecule has 0 aromatic carbocycles. The first kappa shape index (κ1) is 5.45. The zero-order valence-electron chi connectivity index (χ0n) is 5.47. The van der Waals surface area contributed by atoms with Gasteiger partial charge in [0.25, 0.3) is 0 Å². The maximum Gasteiger partial charge on any atom is 0.202 e. The molecule has 2 saturated carbocycles. The molecule has 2 aliphatic rings. The molecular formula is C8H11O. The lowest BCUT2D eigenvalue weighted by Gasteiger charge is -2.13. The van der Waals surface area contributed by atoms with Crippen LogP contribution in [0.4, 0.5) is 0 Å².